The van der Waals surface area contributed by atoms with Crippen LogP contribution in [0.2, 0.25) is 0 Å². The van der Waals surface area contributed by atoms with Gasteiger partial charge in [0, 0.05) is 24.5 Å². The summed E-state index contributed by atoms with van der Waals surface area (Å²) in [5.74, 6) is 2.26. The van der Waals surface area contributed by atoms with Gasteiger partial charge >= 0.3 is 0 Å². The summed E-state index contributed by atoms with van der Waals surface area (Å²) < 4.78 is 6.00. The molecule has 3 heteroatoms. The maximum Gasteiger partial charge on any atom is 0.134 e. The number of nitrogens with one attached hydrogen (secondary N) is 1. The van der Waals surface area contributed by atoms with Gasteiger partial charge in [0.25, 0.3) is 0 Å². The average Bonchev–Trinajstić information content (AvgIpc) is 2.41. The van der Waals surface area contributed by atoms with Crippen LogP contribution < -0.4 is 10.1 Å². The summed E-state index contributed by atoms with van der Waals surface area (Å²) >= 11 is 0. The fourth-order valence-electron chi connectivity index (χ4n) is 2.32. The standard InChI is InChI=1S/C17H22N2O/c1-12(2)16-6-5-15(9-13(16)3)20-17-7-8-19-11-14(17)10-18-4/h5-9,11-12,18H,10H2,1-4H3. The Morgan fingerprint density at radius 2 is 2.05 bits per heavy atom. The molecule has 0 aliphatic rings. The van der Waals surface area contributed by atoms with Crippen LogP contribution in [-0.4, -0.2) is 12.0 Å². The van der Waals surface area contributed by atoms with Crippen LogP contribution in [-0.2, 0) is 6.54 Å². The molecule has 0 saturated carbocycles. The molecule has 2 rings (SSSR count). The van der Waals surface area contributed by atoms with Crippen molar-refractivity contribution >= 4 is 0 Å². The van der Waals surface area contributed by atoms with Gasteiger partial charge in [-0.3, -0.25) is 4.98 Å². The molecule has 0 atom stereocenters. The minimum Gasteiger partial charge on any atom is -0.457 e. The highest BCUT2D eigenvalue weighted by Gasteiger charge is 2.07. The van der Waals surface area contributed by atoms with Gasteiger partial charge in [0.05, 0.1) is 0 Å². The average molecular weight is 270 g/mol. The van der Waals surface area contributed by atoms with Crippen LogP contribution in [0.5, 0.6) is 11.5 Å². The Morgan fingerprint density at radius 1 is 1.25 bits per heavy atom. The lowest BCUT2D eigenvalue weighted by Gasteiger charge is -2.14. The molecule has 3 nitrogen and oxygen atoms in total. The molecule has 20 heavy (non-hydrogen) atoms. The number of ether oxygens (including phenoxy) is 1. The van der Waals surface area contributed by atoms with E-state index in [0.29, 0.717) is 5.92 Å². The zero-order valence-electron chi connectivity index (χ0n) is 12.6. The molecule has 1 heterocycles. The van der Waals surface area contributed by atoms with E-state index in [2.05, 4.69) is 43.2 Å². The summed E-state index contributed by atoms with van der Waals surface area (Å²) in [4.78, 5) is 4.14. The molecular weight excluding hydrogens is 248 g/mol. The molecule has 106 valence electrons. The van der Waals surface area contributed by atoms with Crippen LogP contribution in [0.3, 0.4) is 0 Å². The second-order valence-electron chi connectivity index (χ2n) is 5.29. The van der Waals surface area contributed by atoms with Crippen LogP contribution >= 0.6 is 0 Å². The third kappa shape index (κ3) is 3.36. The van der Waals surface area contributed by atoms with Gasteiger partial charge in [-0.2, -0.15) is 0 Å². The van der Waals surface area contributed by atoms with E-state index in [1.165, 1.54) is 11.1 Å². The van der Waals surface area contributed by atoms with E-state index in [-0.39, 0.29) is 0 Å². The fraction of sp³-hybridized carbons (Fsp3) is 0.353. The molecule has 0 bridgehead atoms. The SMILES string of the molecule is CNCc1cnccc1Oc1ccc(C(C)C)c(C)c1. The molecule has 1 N–H and O–H groups in total. The molecule has 2 aromatic rings. The first-order chi connectivity index (χ1) is 9.61. The lowest BCUT2D eigenvalue weighted by atomic mass is 9.98. The number of aromatic nitrogens is 1. The van der Waals surface area contributed by atoms with Gasteiger partial charge in [-0.05, 0) is 49.2 Å². The van der Waals surface area contributed by atoms with Crippen molar-refractivity contribution in [3.05, 3.63) is 53.3 Å². The Bertz CT molecular complexity index is 579. The molecule has 0 aliphatic heterocycles. The molecule has 0 fully saturated rings. The molecule has 0 amide bonds. The van der Waals surface area contributed by atoms with Gasteiger partial charge < -0.3 is 10.1 Å². The minimum atomic E-state index is 0.532. The van der Waals surface area contributed by atoms with Crippen LogP contribution in [0.4, 0.5) is 0 Å². The largest absolute Gasteiger partial charge is 0.457 e. The summed E-state index contributed by atoms with van der Waals surface area (Å²) in [7, 11) is 1.92. The first-order valence-electron chi connectivity index (χ1n) is 6.97. The molecule has 0 aliphatic carbocycles. The highest BCUT2D eigenvalue weighted by atomic mass is 16.5. The molecule has 1 aromatic heterocycles. The topological polar surface area (TPSA) is 34.2 Å². The van der Waals surface area contributed by atoms with Crippen LogP contribution in [0.25, 0.3) is 0 Å². The lowest BCUT2D eigenvalue weighted by Crippen LogP contribution is -2.06. The van der Waals surface area contributed by atoms with Gasteiger partial charge in [-0.15, -0.1) is 0 Å². The Labute approximate surface area is 121 Å². The zero-order valence-corrected chi connectivity index (χ0v) is 12.6. The number of pyridine rings is 1. The fourth-order valence-corrected chi connectivity index (χ4v) is 2.32. The highest BCUT2D eigenvalue weighted by molar-refractivity contribution is 5.40. The predicted octanol–water partition coefficient (Wildman–Crippen LogP) is 4.03. The van der Waals surface area contributed by atoms with Gasteiger partial charge in [0.2, 0.25) is 0 Å². The van der Waals surface area contributed by atoms with E-state index in [1.807, 2.05) is 25.4 Å². The maximum absolute atomic E-state index is 6.00. The number of aryl methyl sites for hydroxylation is 1. The van der Waals surface area contributed by atoms with Crippen molar-refractivity contribution in [2.75, 3.05) is 7.05 Å². The van der Waals surface area contributed by atoms with E-state index in [1.54, 1.807) is 6.20 Å². The number of hydrogen-bond donors (Lipinski definition) is 1. The summed E-state index contributed by atoms with van der Waals surface area (Å²) in [6.07, 6.45) is 3.59. The summed E-state index contributed by atoms with van der Waals surface area (Å²) in [5.41, 5.74) is 3.69. The lowest BCUT2D eigenvalue weighted by molar-refractivity contribution is 0.472. The van der Waals surface area contributed by atoms with E-state index in [0.717, 1.165) is 23.6 Å². The van der Waals surface area contributed by atoms with Crippen molar-refractivity contribution in [2.24, 2.45) is 0 Å². The Morgan fingerprint density at radius 3 is 2.70 bits per heavy atom. The first kappa shape index (κ1) is 14.5. The Balaban J connectivity index is 2.24. The molecular formula is C17H22N2O. The highest BCUT2D eigenvalue weighted by Crippen LogP contribution is 2.28. The van der Waals surface area contributed by atoms with Gasteiger partial charge in [-0.25, -0.2) is 0 Å². The van der Waals surface area contributed by atoms with E-state index in [4.69, 9.17) is 4.74 Å². The number of benzene rings is 1. The Kier molecular flexibility index (Phi) is 4.74. The number of nitrogens with zero attached hydrogens (tertiary/aromatic N) is 1. The quantitative estimate of drug-likeness (QED) is 0.891. The van der Waals surface area contributed by atoms with Crippen LogP contribution in [0.1, 0.15) is 36.5 Å². The summed E-state index contributed by atoms with van der Waals surface area (Å²) in [6, 6.07) is 8.18. The molecule has 1 aromatic carbocycles. The van der Waals surface area contributed by atoms with E-state index >= 15 is 0 Å². The molecule has 0 saturated heterocycles. The predicted molar refractivity (Wildman–Crippen MR) is 82.3 cm³/mol. The maximum atomic E-state index is 6.00. The van der Waals surface area contributed by atoms with Crippen molar-refractivity contribution in [3.63, 3.8) is 0 Å². The summed E-state index contributed by atoms with van der Waals surface area (Å²) in [5, 5.41) is 3.13. The zero-order chi connectivity index (χ0) is 14.5. The van der Waals surface area contributed by atoms with Crippen molar-refractivity contribution in [2.45, 2.75) is 33.2 Å². The van der Waals surface area contributed by atoms with Crippen LogP contribution in [0, 0.1) is 6.92 Å². The minimum absolute atomic E-state index is 0.532. The van der Waals surface area contributed by atoms with Crippen molar-refractivity contribution < 1.29 is 4.74 Å². The third-order valence-electron chi connectivity index (χ3n) is 3.32. The molecule has 0 spiro atoms. The second-order valence-corrected chi connectivity index (χ2v) is 5.29. The van der Waals surface area contributed by atoms with Crippen molar-refractivity contribution in [3.8, 4) is 11.5 Å². The molecule has 0 unspecified atom stereocenters. The van der Waals surface area contributed by atoms with Crippen LogP contribution in [0.15, 0.2) is 36.7 Å². The Hall–Kier alpha value is -1.87. The van der Waals surface area contributed by atoms with Crippen molar-refractivity contribution in [1.29, 1.82) is 0 Å². The van der Waals surface area contributed by atoms with Gasteiger partial charge in [-0.1, -0.05) is 19.9 Å². The normalized spacial score (nSPS) is 10.8. The summed E-state index contributed by atoms with van der Waals surface area (Å²) in [6.45, 7) is 7.28. The van der Waals surface area contributed by atoms with E-state index in [9.17, 15) is 0 Å². The van der Waals surface area contributed by atoms with E-state index < -0.39 is 0 Å². The monoisotopic (exact) mass is 270 g/mol. The van der Waals surface area contributed by atoms with Crippen molar-refractivity contribution in [1.82, 2.24) is 10.3 Å². The molecule has 0 radical (unpaired) electrons. The smallest absolute Gasteiger partial charge is 0.134 e. The number of hydrogen-bond acceptors (Lipinski definition) is 3. The van der Waals surface area contributed by atoms with Gasteiger partial charge in [0.15, 0.2) is 0 Å². The second kappa shape index (κ2) is 6.53. The third-order valence-corrected chi connectivity index (χ3v) is 3.32. The first-order valence-corrected chi connectivity index (χ1v) is 6.97. The number of rotatable bonds is 5. The van der Waals surface area contributed by atoms with Gasteiger partial charge in [0.1, 0.15) is 11.5 Å².